The van der Waals surface area contributed by atoms with Crippen LogP contribution in [0.5, 0.6) is 0 Å². The second-order valence-corrected chi connectivity index (χ2v) is 2.01. The van der Waals surface area contributed by atoms with Crippen molar-refractivity contribution in [3.05, 3.63) is 10.4 Å². The molecule has 0 aliphatic carbocycles. The molecule has 1 rings (SSSR count). The van der Waals surface area contributed by atoms with Crippen LogP contribution in [0.2, 0.25) is 0 Å². The molecule has 0 atom stereocenters. The van der Waals surface area contributed by atoms with Crippen LogP contribution in [0.3, 0.4) is 0 Å². The third-order valence-electron chi connectivity index (χ3n) is 1.43. The normalized spacial score (nSPS) is 55.5. The number of hydrogen-bond donors (Lipinski definition) is 2. The molecule has 1 saturated heterocycles. The average Bonchev–Trinajstić information content (AvgIpc) is 1.83. The molecule has 0 aromatic heterocycles. The van der Waals surface area contributed by atoms with Crippen LogP contribution in [-0.2, 0) is 10.0 Å². The average molecular weight is 118 g/mol. The Balaban J connectivity index is 2.42. The summed E-state index contributed by atoms with van der Waals surface area (Å²) >= 11 is 0. The van der Waals surface area contributed by atoms with Gasteiger partial charge in [0.2, 0.25) is 0 Å². The van der Waals surface area contributed by atoms with E-state index < -0.39 is 24.1 Å². The van der Waals surface area contributed by atoms with Crippen LogP contribution in [-0.4, -0.2) is 14.4 Å². The van der Waals surface area contributed by atoms with E-state index in [0.29, 0.717) is 0 Å². The SMILES string of the molecule is [O+][BH-]1[NH+]([O-])[BH-]([O+])[NH+]1[O-]. The van der Waals surface area contributed by atoms with Gasteiger partial charge < -0.3 is 20.2 Å². The van der Waals surface area contributed by atoms with Crippen LogP contribution in [0, 0.1) is 10.4 Å². The molecule has 1 aliphatic rings. The van der Waals surface area contributed by atoms with Gasteiger partial charge in [-0.15, -0.1) is 0 Å². The summed E-state index contributed by atoms with van der Waals surface area (Å²) in [7, 11) is -5.08. The Morgan fingerprint density at radius 1 is 1.00 bits per heavy atom. The van der Waals surface area contributed by atoms with Crippen molar-refractivity contribution in [1.82, 2.24) is 0 Å². The molecule has 2 N–H and O–H groups in total. The van der Waals surface area contributed by atoms with E-state index >= 15 is 0 Å². The van der Waals surface area contributed by atoms with Gasteiger partial charge in [0.15, 0.2) is 0 Å². The summed E-state index contributed by atoms with van der Waals surface area (Å²) in [5.74, 6) is 0. The van der Waals surface area contributed by atoms with E-state index in [2.05, 4.69) is 0 Å². The molecule has 0 aromatic rings. The zero-order valence-corrected chi connectivity index (χ0v) is 4.05. The summed E-state index contributed by atoms with van der Waals surface area (Å²) in [4.78, 5) is -1.70. The van der Waals surface area contributed by atoms with E-state index in [0.717, 1.165) is 0 Å². The maximum Gasteiger partial charge on any atom is 0.773 e. The van der Waals surface area contributed by atoms with Crippen LogP contribution in [0.4, 0.5) is 0 Å². The highest BCUT2D eigenvalue weighted by Gasteiger charge is 2.61. The largest absolute Gasteiger partial charge is 0.773 e. The highest BCUT2D eigenvalue weighted by molar-refractivity contribution is 6.57. The number of nitrogens with one attached hydrogen (secondary N) is 2. The monoisotopic (exact) mass is 118 g/mol. The minimum atomic E-state index is -2.54. The number of quaternary nitrogens is 2. The first-order chi connectivity index (χ1) is 3.64. The molecule has 1 aliphatic heterocycles. The van der Waals surface area contributed by atoms with Crippen molar-refractivity contribution in [3.63, 3.8) is 0 Å². The van der Waals surface area contributed by atoms with Crippen molar-refractivity contribution >= 4 is 14.4 Å². The maximum atomic E-state index is 10.1. The molecule has 8 heavy (non-hydrogen) atoms. The topological polar surface area (TPSA) is 94.8 Å². The van der Waals surface area contributed by atoms with Crippen molar-refractivity contribution in [2.45, 2.75) is 0 Å². The molecule has 0 spiro atoms. The van der Waals surface area contributed by atoms with Gasteiger partial charge in [0.05, 0.1) is 10.0 Å². The van der Waals surface area contributed by atoms with E-state index in [9.17, 15) is 20.5 Å². The fourth-order valence-electron chi connectivity index (χ4n) is 0.676. The van der Waals surface area contributed by atoms with Gasteiger partial charge in [-0.3, -0.25) is 0 Å². The fraction of sp³-hybridized carbons (Fsp3) is 0. The summed E-state index contributed by atoms with van der Waals surface area (Å²) in [5.41, 5.74) is 0. The summed E-state index contributed by atoms with van der Waals surface area (Å²) in [5, 5.41) is 40.1. The lowest BCUT2D eigenvalue weighted by atomic mass is 9.69. The molecular weight excluding hydrogens is 114 g/mol. The van der Waals surface area contributed by atoms with Crippen LogP contribution < -0.4 is 9.77 Å². The van der Waals surface area contributed by atoms with Crippen molar-refractivity contribution in [2.24, 2.45) is 0 Å². The van der Waals surface area contributed by atoms with Crippen LogP contribution in [0.1, 0.15) is 0 Å². The molecule has 0 bridgehead atoms. The lowest BCUT2D eigenvalue weighted by Crippen LogP contribution is -3.59. The van der Waals surface area contributed by atoms with Crippen molar-refractivity contribution in [2.75, 3.05) is 0 Å². The highest BCUT2D eigenvalue weighted by atomic mass is 16.6. The number of rotatable bonds is 0. The van der Waals surface area contributed by atoms with Gasteiger partial charge in [0.1, 0.15) is 0 Å². The Hall–Kier alpha value is -0.110. The van der Waals surface area contributed by atoms with Gasteiger partial charge >= 0.3 is 14.4 Å². The maximum absolute atomic E-state index is 10.1. The Kier molecular flexibility index (Phi) is 1.27. The molecule has 8 heteroatoms. The summed E-state index contributed by atoms with van der Waals surface area (Å²) in [6.45, 7) is 0. The molecule has 44 valence electrons. The van der Waals surface area contributed by atoms with Gasteiger partial charge in [0, 0.05) is 0 Å². The van der Waals surface area contributed by atoms with E-state index in [4.69, 9.17) is 0 Å². The van der Waals surface area contributed by atoms with Crippen molar-refractivity contribution in [3.8, 4) is 0 Å². The first-order valence-electron chi connectivity index (χ1n) is 2.40. The standard InChI is InChI=1S/B2H4N2O4/c5-1-3(7)2(6)4(1)8/h1-4H. The molecular formula is H4B2N2O4. The van der Waals surface area contributed by atoms with E-state index in [-0.39, 0.29) is 0 Å². The Morgan fingerprint density at radius 3 is 1.38 bits per heavy atom. The van der Waals surface area contributed by atoms with Gasteiger partial charge in [-0.1, -0.05) is 0 Å². The summed E-state index contributed by atoms with van der Waals surface area (Å²) in [6.07, 6.45) is 0. The third-order valence-corrected chi connectivity index (χ3v) is 1.43. The minimum absolute atomic E-state index is 0.852. The molecule has 6 nitrogen and oxygen atoms in total. The van der Waals surface area contributed by atoms with Crippen LogP contribution in [0.25, 0.3) is 0 Å². The van der Waals surface area contributed by atoms with E-state index in [1.54, 1.807) is 0 Å². The minimum Gasteiger partial charge on any atom is -0.711 e. The molecule has 0 unspecified atom stereocenters. The quantitative estimate of drug-likeness (QED) is 0.189. The van der Waals surface area contributed by atoms with Crippen molar-refractivity contribution < 1.29 is 19.8 Å². The first-order valence-corrected chi connectivity index (χ1v) is 2.40. The molecule has 1 fully saturated rings. The van der Waals surface area contributed by atoms with E-state index in [1.807, 2.05) is 0 Å². The van der Waals surface area contributed by atoms with Gasteiger partial charge in [0.25, 0.3) is 0 Å². The molecule has 0 saturated carbocycles. The zero-order valence-electron chi connectivity index (χ0n) is 4.05. The smallest absolute Gasteiger partial charge is 0.711 e. The molecule has 1 heterocycles. The number of hydrogen-bond acceptors (Lipinski definition) is 2. The predicted molar refractivity (Wildman–Crippen MR) is 24.3 cm³/mol. The Morgan fingerprint density at radius 2 is 1.25 bits per heavy atom. The molecule has 0 aromatic carbocycles. The lowest BCUT2D eigenvalue weighted by Gasteiger charge is -2.46. The van der Waals surface area contributed by atoms with Gasteiger partial charge in [-0.05, 0) is 0 Å². The predicted octanol–water partition coefficient (Wildman–Crippen LogP) is -4.94. The third kappa shape index (κ3) is 0.558. The first kappa shape index (κ1) is 6.02. The molecule has 0 amide bonds. The van der Waals surface area contributed by atoms with Crippen LogP contribution in [0.15, 0.2) is 0 Å². The summed E-state index contributed by atoms with van der Waals surface area (Å²) < 4.78 is 0. The zero-order chi connectivity index (χ0) is 6.31. The second-order valence-electron chi connectivity index (χ2n) is 2.01. The summed E-state index contributed by atoms with van der Waals surface area (Å²) in [6, 6.07) is 0. The highest BCUT2D eigenvalue weighted by Crippen LogP contribution is 1.59. The molecule has 4 radical (unpaired) electrons. The van der Waals surface area contributed by atoms with Crippen LogP contribution >= 0.6 is 0 Å². The van der Waals surface area contributed by atoms with Gasteiger partial charge in [-0.25, -0.2) is 0 Å². The Bertz CT molecular complexity index is 66.0. The fourth-order valence-corrected chi connectivity index (χ4v) is 0.676. The second kappa shape index (κ2) is 1.69. The van der Waals surface area contributed by atoms with Gasteiger partial charge in [-0.2, -0.15) is 0 Å². The van der Waals surface area contributed by atoms with E-state index in [1.165, 1.54) is 0 Å². The lowest BCUT2D eigenvalue weighted by molar-refractivity contribution is -0.897. The van der Waals surface area contributed by atoms with Crippen molar-refractivity contribution in [1.29, 1.82) is 0 Å². The Labute approximate surface area is 45.8 Å².